The van der Waals surface area contributed by atoms with Gasteiger partial charge in [-0.2, -0.15) is 0 Å². The number of hydrogen-bond donors (Lipinski definition) is 1. The molecule has 1 N–H and O–H groups in total. The van der Waals surface area contributed by atoms with Gasteiger partial charge in [0, 0.05) is 7.11 Å². The summed E-state index contributed by atoms with van der Waals surface area (Å²) in [4.78, 5) is 0. The molecular formula is C8H18B2O2. The quantitative estimate of drug-likeness (QED) is 0.631. The molecule has 0 aliphatic carbocycles. The van der Waals surface area contributed by atoms with Crippen LogP contribution in [0.15, 0.2) is 0 Å². The molecule has 4 heteroatoms. The molecule has 12 heavy (non-hydrogen) atoms. The summed E-state index contributed by atoms with van der Waals surface area (Å²) in [5, 5.41) is 9.55. The molecule has 1 heterocycles. The summed E-state index contributed by atoms with van der Waals surface area (Å²) >= 11 is 0. The van der Waals surface area contributed by atoms with Crippen molar-refractivity contribution in [2.75, 3.05) is 7.11 Å². The Hall–Kier alpha value is 0.0499. The highest BCUT2D eigenvalue weighted by Crippen LogP contribution is 2.30. The summed E-state index contributed by atoms with van der Waals surface area (Å²) in [5.74, 6) is 1.30. The van der Waals surface area contributed by atoms with Crippen molar-refractivity contribution >= 4 is 13.8 Å². The van der Waals surface area contributed by atoms with Crippen molar-refractivity contribution in [2.45, 2.75) is 32.7 Å². The molecule has 2 nitrogen and oxygen atoms in total. The molecule has 1 aliphatic rings. The van der Waals surface area contributed by atoms with Gasteiger partial charge in [-0.05, 0) is 30.7 Å². The normalized spacial score (nSPS) is 25.2. The van der Waals surface area contributed by atoms with Crippen LogP contribution in [0.25, 0.3) is 0 Å². The maximum atomic E-state index is 9.55. The van der Waals surface area contributed by atoms with Gasteiger partial charge in [0.1, 0.15) is 0 Å². The lowest BCUT2D eigenvalue weighted by Crippen LogP contribution is -2.37. The van der Waals surface area contributed by atoms with Gasteiger partial charge in [-0.25, -0.2) is 0 Å². The van der Waals surface area contributed by atoms with E-state index in [2.05, 4.69) is 13.8 Å². The van der Waals surface area contributed by atoms with Crippen molar-refractivity contribution in [2.24, 2.45) is 11.8 Å². The fourth-order valence-corrected chi connectivity index (χ4v) is 2.02. The maximum absolute atomic E-state index is 9.55. The van der Waals surface area contributed by atoms with Crippen molar-refractivity contribution < 1.29 is 9.68 Å². The lowest BCUT2D eigenvalue weighted by atomic mass is 9.34. The zero-order valence-corrected chi connectivity index (χ0v) is 8.29. The predicted molar refractivity (Wildman–Crippen MR) is 53.5 cm³/mol. The molecule has 0 radical (unpaired) electrons. The minimum Gasteiger partial charge on any atom is -0.451 e. The Kier molecular flexibility index (Phi) is 3.66. The van der Waals surface area contributed by atoms with Gasteiger partial charge in [0.25, 0.3) is 13.8 Å². The van der Waals surface area contributed by atoms with Crippen molar-refractivity contribution in [1.29, 1.82) is 0 Å². The Bertz CT molecular complexity index is 141. The molecule has 0 bridgehead atoms. The van der Waals surface area contributed by atoms with E-state index in [0.717, 1.165) is 18.9 Å². The van der Waals surface area contributed by atoms with Gasteiger partial charge in [-0.15, -0.1) is 0 Å². The van der Waals surface area contributed by atoms with E-state index in [-0.39, 0.29) is 13.8 Å². The Balaban J connectivity index is 2.45. The summed E-state index contributed by atoms with van der Waals surface area (Å²) in [5.41, 5.74) is 0. The molecule has 1 fully saturated rings. The summed E-state index contributed by atoms with van der Waals surface area (Å²) < 4.78 is 5.28. The third-order valence-corrected chi connectivity index (χ3v) is 2.95. The monoisotopic (exact) mass is 168 g/mol. The van der Waals surface area contributed by atoms with Gasteiger partial charge in [0.2, 0.25) is 0 Å². The van der Waals surface area contributed by atoms with Crippen molar-refractivity contribution in [3.05, 3.63) is 0 Å². The van der Waals surface area contributed by atoms with Crippen LogP contribution in [0.3, 0.4) is 0 Å². The first-order chi connectivity index (χ1) is 5.63. The first-order valence-electron chi connectivity index (χ1n) is 4.84. The first kappa shape index (κ1) is 10.1. The Morgan fingerprint density at radius 2 is 2.08 bits per heavy atom. The first-order valence-corrected chi connectivity index (χ1v) is 4.84. The van der Waals surface area contributed by atoms with Crippen molar-refractivity contribution in [3.8, 4) is 0 Å². The third-order valence-electron chi connectivity index (χ3n) is 2.95. The van der Waals surface area contributed by atoms with E-state index in [9.17, 15) is 5.02 Å². The molecule has 1 aliphatic heterocycles. The van der Waals surface area contributed by atoms with Gasteiger partial charge in [0.05, 0.1) is 0 Å². The van der Waals surface area contributed by atoms with E-state index in [1.54, 1.807) is 7.11 Å². The summed E-state index contributed by atoms with van der Waals surface area (Å²) in [6, 6.07) is 0. The second kappa shape index (κ2) is 4.33. The van der Waals surface area contributed by atoms with Crippen LogP contribution in [-0.4, -0.2) is 26.0 Å². The lowest BCUT2D eigenvalue weighted by Gasteiger charge is -2.30. The Labute approximate surface area is 75.9 Å². The average Bonchev–Trinajstić information content (AvgIpc) is 2.03. The minimum atomic E-state index is -0.143. The van der Waals surface area contributed by atoms with Gasteiger partial charge in [-0.1, -0.05) is 13.8 Å². The molecule has 68 valence electrons. The van der Waals surface area contributed by atoms with E-state index in [1.165, 1.54) is 0 Å². The van der Waals surface area contributed by atoms with E-state index in [4.69, 9.17) is 4.65 Å². The van der Waals surface area contributed by atoms with E-state index < -0.39 is 0 Å². The zero-order valence-electron chi connectivity index (χ0n) is 8.29. The van der Waals surface area contributed by atoms with Gasteiger partial charge in [-0.3, -0.25) is 0 Å². The molecule has 0 saturated carbocycles. The summed E-state index contributed by atoms with van der Waals surface area (Å²) in [6.07, 6.45) is 2.89. The summed E-state index contributed by atoms with van der Waals surface area (Å²) in [6.45, 7) is 4.57. The zero-order chi connectivity index (χ0) is 9.14. The van der Waals surface area contributed by atoms with Crippen LogP contribution in [-0.2, 0) is 4.65 Å². The van der Waals surface area contributed by atoms with Crippen molar-refractivity contribution in [3.63, 3.8) is 0 Å². The van der Waals surface area contributed by atoms with Crippen LogP contribution in [0, 0.1) is 11.8 Å². The van der Waals surface area contributed by atoms with E-state index in [1.807, 2.05) is 0 Å². The molecule has 0 aromatic carbocycles. The van der Waals surface area contributed by atoms with E-state index >= 15 is 0 Å². The van der Waals surface area contributed by atoms with Gasteiger partial charge < -0.3 is 9.68 Å². The molecule has 1 atom stereocenters. The standard InChI is InChI=1S/C8H18B2O2/c1-7(2)8-4-9(11)6-10(5-8)12-3/h7-8,11H,4-6H2,1-3H3. The molecule has 0 amide bonds. The van der Waals surface area contributed by atoms with Crippen molar-refractivity contribution in [1.82, 2.24) is 0 Å². The minimum absolute atomic E-state index is 0.143. The number of rotatable bonds is 2. The maximum Gasteiger partial charge on any atom is 0.288 e. The molecule has 0 aromatic rings. The number of hydrogen-bond acceptors (Lipinski definition) is 2. The van der Waals surface area contributed by atoms with E-state index in [0.29, 0.717) is 11.8 Å². The second-order valence-corrected chi connectivity index (χ2v) is 4.22. The average molecular weight is 168 g/mol. The third kappa shape index (κ3) is 2.53. The van der Waals surface area contributed by atoms with Crippen LogP contribution in [0.2, 0.25) is 18.9 Å². The molecular weight excluding hydrogens is 150 g/mol. The van der Waals surface area contributed by atoms with Gasteiger partial charge in [0.15, 0.2) is 0 Å². The SMILES string of the molecule is COB1CB(O)CC(C(C)C)C1. The van der Waals surface area contributed by atoms with Crippen LogP contribution in [0.5, 0.6) is 0 Å². The molecule has 0 aromatic heterocycles. The highest BCUT2D eigenvalue weighted by Gasteiger charge is 2.34. The highest BCUT2D eigenvalue weighted by molar-refractivity contribution is 6.72. The van der Waals surface area contributed by atoms with Gasteiger partial charge >= 0.3 is 0 Å². The molecule has 1 unspecified atom stereocenters. The van der Waals surface area contributed by atoms with Crippen LogP contribution in [0.4, 0.5) is 0 Å². The Morgan fingerprint density at radius 3 is 2.58 bits per heavy atom. The largest absolute Gasteiger partial charge is 0.451 e. The topological polar surface area (TPSA) is 29.5 Å². The Morgan fingerprint density at radius 1 is 1.42 bits per heavy atom. The molecule has 0 spiro atoms. The lowest BCUT2D eigenvalue weighted by molar-refractivity contribution is 0.369. The fraction of sp³-hybridized carbons (Fsp3) is 1.00. The second-order valence-electron chi connectivity index (χ2n) is 4.22. The summed E-state index contributed by atoms with van der Waals surface area (Å²) in [7, 11) is 1.74. The smallest absolute Gasteiger partial charge is 0.288 e. The van der Waals surface area contributed by atoms with Crippen LogP contribution < -0.4 is 0 Å². The molecule has 1 rings (SSSR count). The fourth-order valence-electron chi connectivity index (χ4n) is 2.02. The van der Waals surface area contributed by atoms with Crippen LogP contribution >= 0.6 is 0 Å². The highest BCUT2D eigenvalue weighted by atomic mass is 16.4. The molecule has 1 saturated heterocycles. The van der Waals surface area contributed by atoms with Crippen LogP contribution in [0.1, 0.15) is 13.8 Å². The predicted octanol–water partition coefficient (Wildman–Crippen LogP) is 1.43.